The molecule has 6 nitrogen and oxygen atoms in total. The minimum Gasteiger partial charge on any atom is -0.271 e. The second-order valence-corrected chi connectivity index (χ2v) is 8.90. The number of benzene rings is 3. The van der Waals surface area contributed by atoms with Gasteiger partial charge in [-0.1, -0.05) is 54.1 Å². The third-order valence-corrected chi connectivity index (χ3v) is 6.39. The van der Waals surface area contributed by atoms with Gasteiger partial charge in [0.25, 0.3) is 15.9 Å². The monoisotopic (exact) mass is 475 g/mol. The predicted octanol–water partition coefficient (Wildman–Crippen LogP) is 4.36. The van der Waals surface area contributed by atoms with Gasteiger partial charge in [-0.3, -0.25) is 9.10 Å². The number of carbonyl (C=O) groups is 1. The summed E-state index contributed by atoms with van der Waals surface area (Å²) in [6, 6.07) is 18.9. The first-order valence-corrected chi connectivity index (χ1v) is 11.2. The van der Waals surface area contributed by atoms with Gasteiger partial charge in [0.1, 0.15) is 6.54 Å². The first-order chi connectivity index (χ1) is 15.6. The van der Waals surface area contributed by atoms with Crippen LogP contribution in [0.4, 0.5) is 18.9 Å². The highest BCUT2D eigenvalue weighted by atomic mass is 32.2. The Labute approximate surface area is 189 Å². The Hall–Kier alpha value is -3.66. The number of nitrogens with one attached hydrogen (secondary N) is 1. The molecule has 1 N–H and O–H groups in total. The van der Waals surface area contributed by atoms with Crippen molar-refractivity contribution in [1.29, 1.82) is 0 Å². The molecule has 0 aromatic heterocycles. The van der Waals surface area contributed by atoms with Crippen LogP contribution in [0.5, 0.6) is 0 Å². The van der Waals surface area contributed by atoms with Gasteiger partial charge in [-0.05, 0) is 37.3 Å². The van der Waals surface area contributed by atoms with Crippen molar-refractivity contribution in [2.75, 3.05) is 10.8 Å². The number of sulfonamides is 1. The van der Waals surface area contributed by atoms with Gasteiger partial charge in [-0.25, -0.2) is 13.8 Å². The summed E-state index contributed by atoms with van der Waals surface area (Å²) in [6.07, 6.45) is -3.72. The Bertz CT molecular complexity index is 1240. The molecular weight excluding hydrogens is 455 g/mol. The second-order valence-electron chi connectivity index (χ2n) is 7.04. The first-order valence-electron chi connectivity index (χ1n) is 9.71. The minimum atomic E-state index is -4.58. The van der Waals surface area contributed by atoms with Crippen LogP contribution in [-0.4, -0.2) is 27.1 Å². The van der Waals surface area contributed by atoms with Crippen LogP contribution in [0, 0.1) is 6.92 Å². The third kappa shape index (κ3) is 5.98. The number of para-hydroxylation sites is 1. The van der Waals surface area contributed by atoms with Crippen LogP contribution in [0.1, 0.15) is 16.7 Å². The van der Waals surface area contributed by atoms with Crippen molar-refractivity contribution >= 4 is 27.8 Å². The van der Waals surface area contributed by atoms with E-state index in [9.17, 15) is 26.4 Å². The summed E-state index contributed by atoms with van der Waals surface area (Å²) < 4.78 is 66.6. The summed E-state index contributed by atoms with van der Waals surface area (Å²) in [5, 5.41) is 3.58. The lowest BCUT2D eigenvalue weighted by Crippen LogP contribution is -2.39. The molecule has 0 saturated carbocycles. The third-order valence-electron chi connectivity index (χ3n) is 4.60. The second kappa shape index (κ2) is 9.86. The zero-order chi connectivity index (χ0) is 24.1. The van der Waals surface area contributed by atoms with Crippen LogP contribution in [0.2, 0.25) is 0 Å². The molecule has 172 valence electrons. The summed E-state index contributed by atoms with van der Waals surface area (Å²) in [7, 11) is -4.10. The van der Waals surface area contributed by atoms with E-state index in [2.05, 4.69) is 10.5 Å². The molecule has 0 heterocycles. The molecule has 3 aromatic carbocycles. The number of hydrazone groups is 1. The van der Waals surface area contributed by atoms with Gasteiger partial charge in [0, 0.05) is 5.56 Å². The zero-order valence-electron chi connectivity index (χ0n) is 17.5. The number of alkyl halides is 3. The van der Waals surface area contributed by atoms with Crippen molar-refractivity contribution in [2.24, 2.45) is 5.10 Å². The SMILES string of the molecule is Cc1ccc(S(=O)(=O)N(CC(=O)N/N=C\c2ccccc2C(F)(F)F)c2ccccc2)cc1. The number of aryl methyl sites for hydroxylation is 1. The summed E-state index contributed by atoms with van der Waals surface area (Å²) in [6.45, 7) is 1.19. The molecule has 0 saturated heterocycles. The topological polar surface area (TPSA) is 78.8 Å². The number of hydrogen-bond acceptors (Lipinski definition) is 4. The lowest BCUT2D eigenvalue weighted by Gasteiger charge is -2.23. The van der Waals surface area contributed by atoms with Crippen LogP contribution in [0.25, 0.3) is 0 Å². The lowest BCUT2D eigenvalue weighted by molar-refractivity contribution is -0.137. The average molecular weight is 475 g/mol. The maximum atomic E-state index is 13.2. The molecule has 33 heavy (non-hydrogen) atoms. The van der Waals surface area contributed by atoms with Crippen molar-refractivity contribution in [1.82, 2.24) is 5.43 Å². The number of amides is 1. The quantitative estimate of drug-likeness (QED) is 0.407. The smallest absolute Gasteiger partial charge is 0.271 e. The first kappa shape index (κ1) is 24.0. The van der Waals surface area contributed by atoms with E-state index in [1.807, 2.05) is 6.92 Å². The summed E-state index contributed by atoms with van der Waals surface area (Å²) in [4.78, 5) is 12.5. The highest BCUT2D eigenvalue weighted by molar-refractivity contribution is 7.92. The molecule has 0 aliphatic carbocycles. The molecule has 0 aliphatic heterocycles. The van der Waals surface area contributed by atoms with Crippen LogP contribution in [0.15, 0.2) is 88.9 Å². The van der Waals surface area contributed by atoms with E-state index >= 15 is 0 Å². The van der Waals surface area contributed by atoms with Gasteiger partial charge in [0.2, 0.25) is 0 Å². The number of nitrogens with zero attached hydrogens (tertiary/aromatic N) is 2. The Balaban J connectivity index is 1.82. The van der Waals surface area contributed by atoms with E-state index < -0.39 is 34.2 Å². The van der Waals surface area contributed by atoms with E-state index in [4.69, 9.17) is 0 Å². The molecule has 0 fully saturated rings. The standard InChI is InChI=1S/C23H20F3N3O3S/c1-17-11-13-20(14-12-17)33(31,32)29(19-8-3-2-4-9-19)16-22(30)28-27-15-18-7-5-6-10-21(18)23(24,25)26/h2-15H,16H2,1H3,(H,28,30)/b27-15-. The van der Waals surface area contributed by atoms with Crippen molar-refractivity contribution in [3.63, 3.8) is 0 Å². The fraction of sp³-hybridized carbons (Fsp3) is 0.130. The lowest BCUT2D eigenvalue weighted by atomic mass is 10.1. The predicted molar refractivity (Wildman–Crippen MR) is 119 cm³/mol. The Morgan fingerprint density at radius 1 is 0.970 bits per heavy atom. The van der Waals surface area contributed by atoms with E-state index in [1.54, 1.807) is 30.3 Å². The van der Waals surface area contributed by atoms with Crippen molar-refractivity contribution in [3.05, 3.63) is 95.6 Å². The Morgan fingerprint density at radius 2 is 1.58 bits per heavy atom. The van der Waals surface area contributed by atoms with E-state index in [-0.39, 0.29) is 16.1 Å². The highest BCUT2D eigenvalue weighted by Crippen LogP contribution is 2.31. The molecule has 0 atom stereocenters. The van der Waals surface area contributed by atoms with Gasteiger partial charge in [-0.2, -0.15) is 18.3 Å². The van der Waals surface area contributed by atoms with Crippen molar-refractivity contribution in [2.45, 2.75) is 18.0 Å². The molecular formula is C23H20F3N3O3S. The van der Waals surface area contributed by atoms with Gasteiger partial charge < -0.3 is 0 Å². The number of hydrogen-bond donors (Lipinski definition) is 1. The molecule has 10 heteroatoms. The average Bonchev–Trinajstić information content (AvgIpc) is 2.78. The normalized spacial score (nSPS) is 12.0. The van der Waals surface area contributed by atoms with Crippen LogP contribution >= 0.6 is 0 Å². The Kier molecular flexibility index (Phi) is 7.17. The fourth-order valence-corrected chi connectivity index (χ4v) is 4.38. The maximum absolute atomic E-state index is 13.2. The summed E-state index contributed by atoms with van der Waals surface area (Å²) in [5.41, 5.74) is 2.07. The maximum Gasteiger partial charge on any atom is 0.417 e. The number of carbonyl (C=O) groups excluding carboxylic acids is 1. The molecule has 3 aromatic rings. The highest BCUT2D eigenvalue weighted by Gasteiger charge is 2.32. The molecule has 0 radical (unpaired) electrons. The van der Waals surface area contributed by atoms with Crippen LogP contribution in [-0.2, 0) is 21.0 Å². The number of anilines is 1. The summed E-state index contributed by atoms with van der Waals surface area (Å²) >= 11 is 0. The summed E-state index contributed by atoms with van der Waals surface area (Å²) in [5.74, 6) is -0.824. The van der Waals surface area contributed by atoms with E-state index in [1.165, 1.54) is 42.5 Å². The van der Waals surface area contributed by atoms with Crippen LogP contribution in [0.3, 0.4) is 0 Å². The van der Waals surface area contributed by atoms with E-state index in [0.717, 1.165) is 22.1 Å². The van der Waals surface area contributed by atoms with E-state index in [0.29, 0.717) is 0 Å². The van der Waals surface area contributed by atoms with Gasteiger partial charge in [0.15, 0.2) is 0 Å². The minimum absolute atomic E-state index is 0.00708. The van der Waals surface area contributed by atoms with Crippen molar-refractivity contribution < 1.29 is 26.4 Å². The molecule has 0 bridgehead atoms. The number of halogens is 3. The largest absolute Gasteiger partial charge is 0.417 e. The van der Waals surface area contributed by atoms with Gasteiger partial charge >= 0.3 is 6.18 Å². The van der Waals surface area contributed by atoms with Gasteiger partial charge in [-0.15, -0.1) is 0 Å². The van der Waals surface area contributed by atoms with Crippen LogP contribution < -0.4 is 9.73 Å². The zero-order valence-corrected chi connectivity index (χ0v) is 18.3. The molecule has 0 unspecified atom stereocenters. The molecule has 0 aliphatic rings. The molecule has 0 spiro atoms. The van der Waals surface area contributed by atoms with Gasteiger partial charge in [0.05, 0.1) is 22.4 Å². The molecule has 1 amide bonds. The Morgan fingerprint density at radius 3 is 2.21 bits per heavy atom. The van der Waals surface area contributed by atoms with Crippen molar-refractivity contribution in [3.8, 4) is 0 Å². The molecule has 3 rings (SSSR count). The fourth-order valence-electron chi connectivity index (χ4n) is 2.95. The number of rotatable bonds is 7.